The summed E-state index contributed by atoms with van der Waals surface area (Å²) < 4.78 is 0.977. The van der Waals surface area contributed by atoms with Crippen LogP contribution in [0.25, 0.3) is 0 Å². The second-order valence-electron chi connectivity index (χ2n) is 3.68. The Labute approximate surface area is 109 Å². The van der Waals surface area contributed by atoms with Crippen LogP contribution in [0, 0.1) is 18.3 Å². The van der Waals surface area contributed by atoms with E-state index in [4.69, 9.17) is 5.26 Å². The summed E-state index contributed by atoms with van der Waals surface area (Å²) in [5, 5.41) is 11.1. The summed E-state index contributed by atoms with van der Waals surface area (Å²) >= 11 is 3.16. The Balaban J connectivity index is 2.01. The van der Waals surface area contributed by atoms with E-state index < -0.39 is 0 Å². The van der Waals surface area contributed by atoms with Crippen LogP contribution < -0.4 is 0 Å². The monoisotopic (exact) mass is 260 g/mol. The van der Waals surface area contributed by atoms with Gasteiger partial charge in [0.2, 0.25) is 0 Å². The minimum Gasteiger partial charge on any atom is -0.235 e. The highest BCUT2D eigenvalue weighted by Gasteiger charge is 2.12. The second kappa shape index (κ2) is 5.85. The van der Waals surface area contributed by atoms with Gasteiger partial charge >= 0.3 is 0 Å². The largest absolute Gasteiger partial charge is 0.235 e. The van der Waals surface area contributed by atoms with Crippen LogP contribution in [0.15, 0.2) is 40.1 Å². The third-order valence-corrected chi connectivity index (χ3v) is 4.43. The first-order chi connectivity index (χ1) is 8.28. The Bertz CT molecular complexity index is 514. The van der Waals surface area contributed by atoms with Crippen LogP contribution in [0.4, 0.5) is 0 Å². The van der Waals surface area contributed by atoms with Crippen LogP contribution in [0.5, 0.6) is 0 Å². The van der Waals surface area contributed by atoms with Crippen LogP contribution >= 0.6 is 23.1 Å². The number of aryl methyl sites for hydroxylation is 1. The number of thiazole rings is 1. The zero-order valence-electron chi connectivity index (χ0n) is 9.46. The number of thioether (sulfide) groups is 1. The van der Waals surface area contributed by atoms with E-state index in [1.807, 2.05) is 30.5 Å². The molecule has 1 aromatic carbocycles. The third kappa shape index (κ3) is 3.58. The molecule has 1 heterocycles. The SMILES string of the molecule is Cc1csc(SC(C#N)Cc2ccccc2)n1. The molecule has 0 saturated carbocycles. The molecular formula is C13H12N2S2. The molecule has 17 heavy (non-hydrogen) atoms. The summed E-state index contributed by atoms with van der Waals surface area (Å²) in [5.41, 5.74) is 2.22. The fourth-order valence-corrected chi connectivity index (χ4v) is 3.45. The van der Waals surface area contributed by atoms with Crippen molar-refractivity contribution < 1.29 is 0 Å². The Hall–Kier alpha value is -1.31. The number of hydrogen-bond acceptors (Lipinski definition) is 4. The van der Waals surface area contributed by atoms with Gasteiger partial charge in [0, 0.05) is 11.1 Å². The maximum atomic E-state index is 9.16. The number of aromatic nitrogens is 1. The number of nitrogens with zero attached hydrogens (tertiary/aromatic N) is 2. The van der Waals surface area contributed by atoms with E-state index in [1.165, 1.54) is 5.56 Å². The predicted octanol–water partition coefficient (Wildman–Crippen LogP) is 3.68. The molecule has 0 aliphatic rings. The lowest BCUT2D eigenvalue weighted by Gasteiger charge is -2.06. The predicted molar refractivity (Wildman–Crippen MR) is 72.3 cm³/mol. The average molecular weight is 260 g/mol. The summed E-state index contributed by atoms with van der Waals surface area (Å²) in [7, 11) is 0. The lowest BCUT2D eigenvalue weighted by molar-refractivity contribution is 1.02. The van der Waals surface area contributed by atoms with Crippen molar-refractivity contribution in [2.24, 2.45) is 0 Å². The second-order valence-corrected chi connectivity index (χ2v) is 5.99. The van der Waals surface area contributed by atoms with Crippen molar-refractivity contribution in [1.82, 2.24) is 4.98 Å². The molecule has 0 amide bonds. The topological polar surface area (TPSA) is 36.7 Å². The van der Waals surface area contributed by atoms with Gasteiger partial charge < -0.3 is 0 Å². The fraction of sp³-hybridized carbons (Fsp3) is 0.231. The molecule has 2 nitrogen and oxygen atoms in total. The van der Waals surface area contributed by atoms with Gasteiger partial charge in [-0.25, -0.2) is 4.98 Å². The van der Waals surface area contributed by atoms with Crippen LogP contribution in [0.2, 0.25) is 0 Å². The molecular weight excluding hydrogens is 248 g/mol. The van der Waals surface area contributed by atoms with Crippen molar-refractivity contribution in [2.75, 3.05) is 0 Å². The van der Waals surface area contributed by atoms with Crippen LogP contribution in [-0.2, 0) is 6.42 Å². The van der Waals surface area contributed by atoms with Crippen LogP contribution in [-0.4, -0.2) is 10.2 Å². The molecule has 1 aromatic heterocycles. The van der Waals surface area contributed by atoms with Gasteiger partial charge in [0.25, 0.3) is 0 Å². The molecule has 2 rings (SSSR count). The van der Waals surface area contributed by atoms with Gasteiger partial charge in [-0.1, -0.05) is 42.1 Å². The maximum Gasteiger partial charge on any atom is 0.151 e. The lowest BCUT2D eigenvalue weighted by Crippen LogP contribution is -2.03. The molecule has 0 aliphatic heterocycles. The maximum absolute atomic E-state index is 9.16. The van der Waals surface area contributed by atoms with E-state index in [1.54, 1.807) is 23.1 Å². The van der Waals surface area contributed by atoms with E-state index >= 15 is 0 Å². The molecule has 2 aromatic rings. The van der Waals surface area contributed by atoms with Crippen molar-refractivity contribution in [2.45, 2.75) is 22.9 Å². The number of rotatable bonds is 4. The average Bonchev–Trinajstić information content (AvgIpc) is 2.75. The third-order valence-electron chi connectivity index (χ3n) is 2.25. The smallest absolute Gasteiger partial charge is 0.151 e. The molecule has 0 fully saturated rings. The fourth-order valence-electron chi connectivity index (χ4n) is 1.45. The number of nitriles is 1. The zero-order valence-corrected chi connectivity index (χ0v) is 11.1. The van der Waals surface area contributed by atoms with Gasteiger partial charge in [0.15, 0.2) is 4.34 Å². The van der Waals surface area contributed by atoms with Gasteiger partial charge in [-0.15, -0.1) is 11.3 Å². The standard InChI is InChI=1S/C13H12N2S2/c1-10-9-16-13(15-10)17-12(8-14)7-11-5-3-2-4-6-11/h2-6,9,12H,7H2,1H3. The highest BCUT2D eigenvalue weighted by molar-refractivity contribution is 8.01. The van der Waals surface area contributed by atoms with Gasteiger partial charge in [0.05, 0.1) is 6.07 Å². The van der Waals surface area contributed by atoms with E-state index in [2.05, 4.69) is 23.2 Å². The zero-order chi connectivity index (χ0) is 12.1. The van der Waals surface area contributed by atoms with Crippen molar-refractivity contribution >= 4 is 23.1 Å². The molecule has 1 atom stereocenters. The molecule has 86 valence electrons. The van der Waals surface area contributed by atoms with Gasteiger partial charge in [0.1, 0.15) is 5.25 Å². The van der Waals surface area contributed by atoms with E-state index in [0.29, 0.717) is 0 Å². The molecule has 0 saturated heterocycles. The summed E-state index contributed by atoms with van der Waals surface area (Å²) in [5.74, 6) is 0. The van der Waals surface area contributed by atoms with Crippen molar-refractivity contribution in [3.8, 4) is 6.07 Å². The van der Waals surface area contributed by atoms with Gasteiger partial charge in [-0.3, -0.25) is 0 Å². The molecule has 0 bridgehead atoms. The highest BCUT2D eigenvalue weighted by atomic mass is 32.2. The summed E-state index contributed by atoms with van der Waals surface area (Å²) in [4.78, 5) is 4.37. The molecule has 0 N–H and O–H groups in total. The highest BCUT2D eigenvalue weighted by Crippen LogP contribution is 2.28. The first-order valence-corrected chi connectivity index (χ1v) is 7.06. The lowest BCUT2D eigenvalue weighted by atomic mass is 10.1. The Morgan fingerprint density at radius 1 is 1.41 bits per heavy atom. The first kappa shape index (κ1) is 12.2. The van der Waals surface area contributed by atoms with Crippen molar-refractivity contribution in [1.29, 1.82) is 5.26 Å². The van der Waals surface area contributed by atoms with Gasteiger partial charge in [-0.05, 0) is 18.9 Å². The molecule has 0 radical (unpaired) electrons. The molecule has 0 aliphatic carbocycles. The van der Waals surface area contributed by atoms with Crippen molar-refractivity contribution in [3.05, 3.63) is 47.0 Å². The summed E-state index contributed by atoms with van der Waals surface area (Å²) in [6.45, 7) is 1.97. The normalized spacial score (nSPS) is 12.0. The van der Waals surface area contributed by atoms with E-state index in [9.17, 15) is 0 Å². The quantitative estimate of drug-likeness (QED) is 0.787. The Kier molecular flexibility index (Phi) is 4.18. The molecule has 0 spiro atoms. The summed E-state index contributed by atoms with van der Waals surface area (Å²) in [6, 6.07) is 12.4. The number of benzene rings is 1. The summed E-state index contributed by atoms with van der Waals surface area (Å²) in [6.07, 6.45) is 0.765. The minimum atomic E-state index is -0.0667. The van der Waals surface area contributed by atoms with Crippen LogP contribution in [0.3, 0.4) is 0 Å². The Morgan fingerprint density at radius 2 is 2.18 bits per heavy atom. The minimum absolute atomic E-state index is 0.0667. The van der Waals surface area contributed by atoms with Crippen molar-refractivity contribution in [3.63, 3.8) is 0 Å². The molecule has 4 heteroatoms. The van der Waals surface area contributed by atoms with Gasteiger partial charge in [-0.2, -0.15) is 5.26 Å². The van der Waals surface area contributed by atoms with E-state index in [-0.39, 0.29) is 5.25 Å². The molecule has 1 unspecified atom stereocenters. The van der Waals surface area contributed by atoms with Crippen LogP contribution in [0.1, 0.15) is 11.3 Å². The number of hydrogen-bond donors (Lipinski definition) is 0. The Morgan fingerprint density at radius 3 is 2.76 bits per heavy atom. The first-order valence-electron chi connectivity index (χ1n) is 5.30. The van der Waals surface area contributed by atoms with E-state index in [0.717, 1.165) is 16.5 Å².